The van der Waals surface area contributed by atoms with Gasteiger partial charge in [-0.2, -0.15) is 5.06 Å². The van der Waals surface area contributed by atoms with Crippen molar-refractivity contribution in [1.82, 2.24) is 14.6 Å². The van der Waals surface area contributed by atoms with Crippen LogP contribution in [-0.4, -0.2) is 32.1 Å². The number of imidazole rings is 1. The molecule has 0 fully saturated rings. The van der Waals surface area contributed by atoms with Gasteiger partial charge in [0.25, 0.3) is 0 Å². The smallest absolute Gasteiger partial charge is 0.434 e. The van der Waals surface area contributed by atoms with Gasteiger partial charge in [-0.1, -0.05) is 48.5 Å². The molecule has 7 nitrogen and oxygen atoms in total. The first-order valence-electron chi connectivity index (χ1n) is 11.6. The Bertz CT molecular complexity index is 1120. The van der Waals surface area contributed by atoms with Crippen molar-refractivity contribution in [2.24, 2.45) is 0 Å². The molecule has 0 spiro atoms. The Kier molecular flexibility index (Phi) is 7.12. The average Bonchev–Trinajstić information content (AvgIpc) is 3.31. The summed E-state index contributed by atoms with van der Waals surface area (Å²) in [5.74, 6) is 0.148. The average molecular weight is 462 g/mol. The molecule has 1 amide bonds. The molecule has 0 saturated carbocycles. The predicted octanol–water partition coefficient (Wildman–Crippen LogP) is 5.51. The van der Waals surface area contributed by atoms with Gasteiger partial charge in [0.2, 0.25) is 0 Å². The molecule has 0 unspecified atom stereocenters. The topological polar surface area (TPSA) is 73.7 Å². The number of benzene rings is 2. The summed E-state index contributed by atoms with van der Waals surface area (Å²) < 4.78 is 7.60. The molecule has 0 bridgehead atoms. The van der Waals surface area contributed by atoms with E-state index >= 15 is 0 Å². The summed E-state index contributed by atoms with van der Waals surface area (Å²) in [5.41, 5.74) is 2.87. The van der Waals surface area contributed by atoms with Gasteiger partial charge in [0.1, 0.15) is 11.7 Å². The van der Waals surface area contributed by atoms with Gasteiger partial charge in [0.05, 0.1) is 19.4 Å². The highest BCUT2D eigenvalue weighted by atomic mass is 16.7. The SMILES string of the molecule is CC(C)(C)OC(=O)N(Cc1cccc2c1CCCC2=O)O[C@H](Cn1ccnc1)c1ccccc1. The van der Waals surface area contributed by atoms with Gasteiger partial charge in [-0.25, -0.2) is 9.78 Å². The van der Waals surface area contributed by atoms with Crippen LogP contribution < -0.4 is 0 Å². The Morgan fingerprint density at radius 2 is 1.91 bits per heavy atom. The maximum absolute atomic E-state index is 13.3. The summed E-state index contributed by atoms with van der Waals surface area (Å²) >= 11 is 0. The number of Topliss-reactive ketones (excluding diaryl/α,β-unsaturated/α-hetero) is 1. The van der Waals surface area contributed by atoms with Crippen molar-refractivity contribution in [2.45, 2.75) is 64.8 Å². The van der Waals surface area contributed by atoms with Crippen LogP contribution in [-0.2, 0) is 29.1 Å². The first kappa shape index (κ1) is 23.7. The molecule has 0 aliphatic heterocycles. The Hall–Kier alpha value is -3.45. The number of fused-ring (bicyclic) bond motifs is 1. The van der Waals surface area contributed by atoms with E-state index in [1.165, 1.54) is 5.06 Å². The first-order chi connectivity index (χ1) is 16.3. The maximum Gasteiger partial charge on any atom is 0.434 e. The zero-order valence-electron chi connectivity index (χ0n) is 19.9. The number of carbonyl (C=O) groups is 2. The summed E-state index contributed by atoms with van der Waals surface area (Å²) in [6, 6.07) is 15.4. The highest BCUT2D eigenvalue weighted by Gasteiger charge is 2.29. The Morgan fingerprint density at radius 3 is 2.62 bits per heavy atom. The van der Waals surface area contributed by atoms with Crippen LogP contribution >= 0.6 is 0 Å². The van der Waals surface area contributed by atoms with E-state index in [-0.39, 0.29) is 12.3 Å². The first-order valence-corrected chi connectivity index (χ1v) is 11.6. The van der Waals surface area contributed by atoms with Crippen LogP contribution in [0.5, 0.6) is 0 Å². The fraction of sp³-hybridized carbons (Fsp3) is 0.370. The second kappa shape index (κ2) is 10.2. The number of nitrogens with zero attached hydrogens (tertiary/aromatic N) is 3. The van der Waals surface area contributed by atoms with Crippen molar-refractivity contribution in [3.8, 4) is 0 Å². The Morgan fingerprint density at radius 1 is 1.12 bits per heavy atom. The van der Waals surface area contributed by atoms with Crippen LogP contribution in [0, 0.1) is 0 Å². The van der Waals surface area contributed by atoms with Crippen LogP contribution in [0.15, 0.2) is 67.3 Å². The van der Waals surface area contributed by atoms with Gasteiger partial charge in [0.15, 0.2) is 5.78 Å². The number of ether oxygens (including phenoxy) is 1. The van der Waals surface area contributed by atoms with E-state index in [1.54, 1.807) is 12.5 Å². The lowest BCUT2D eigenvalue weighted by molar-refractivity contribution is -0.194. The van der Waals surface area contributed by atoms with Crippen molar-refractivity contribution in [1.29, 1.82) is 0 Å². The van der Waals surface area contributed by atoms with Crippen molar-refractivity contribution < 1.29 is 19.2 Å². The second-order valence-corrected chi connectivity index (χ2v) is 9.50. The third-order valence-corrected chi connectivity index (χ3v) is 5.68. The molecule has 1 aliphatic carbocycles. The zero-order chi connectivity index (χ0) is 24.1. The molecular weight excluding hydrogens is 430 g/mol. The number of hydrogen-bond acceptors (Lipinski definition) is 5. The van der Waals surface area contributed by atoms with Crippen LogP contribution in [0.2, 0.25) is 0 Å². The molecule has 1 atom stereocenters. The Labute approximate surface area is 200 Å². The lowest BCUT2D eigenvalue weighted by Gasteiger charge is -2.31. The summed E-state index contributed by atoms with van der Waals surface area (Å²) in [6.07, 6.45) is 6.43. The molecular formula is C27H31N3O4. The number of ketones is 1. The van der Waals surface area contributed by atoms with Crippen LogP contribution in [0.4, 0.5) is 4.79 Å². The minimum Gasteiger partial charge on any atom is -0.442 e. The van der Waals surface area contributed by atoms with E-state index in [0.29, 0.717) is 13.0 Å². The largest absolute Gasteiger partial charge is 0.442 e. The van der Waals surface area contributed by atoms with Crippen molar-refractivity contribution >= 4 is 11.9 Å². The van der Waals surface area contributed by atoms with Crippen LogP contribution in [0.1, 0.15) is 66.8 Å². The quantitative estimate of drug-likeness (QED) is 0.434. The number of hydroxylamine groups is 2. The van der Waals surface area contributed by atoms with E-state index in [4.69, 9.17) is 9.57 Å². The van der Waals surface area contributed by atoms with Crippen molar-refractivity contribution in [2.75, 3.05) is 0 Å². The number of rotatable bonds is 7. The van der Waals surface area contributed by atoms with Gasteiger partial charge in [-0.15, -0.1) is 0 Å². The summed E-state index contributed by atoms with van der Waals surface area (Å²) in [7, 11) is 0. The molecule has 4 rings (SSSR count). The normalized spacial score (nSPS) is 14.4. The van der Waals surface area contributed by atoms with Crippen molar-refractivity contribution in [3.63, 3.8) is 0 Å². The van der Waals surface area contributed by atoms with Gasteiger partial charge >= 0.3 is 6.09 Å². The Balaban J connectivity index is 1.66. The molecule has 3 aromatic rings. The van der Waals surface area contributed by atoms with Gasteiger partial charge in [-0.05, 0) is 50.3 Å². The summed E-state index contributed by atoms with van der Waals surface area (Å²) in [5, 5.41) is 1.29. The molecule has 0 N–H and O–H groups in total. The molecule has 1 heterocycles. The van der Waals surface area contributed by atoms with E-state index in [0.717, 1.165) is 35.1 Å². The van der Waals surface area contributed by atoms with Gasteiger partial charge in [0, 0.05) is 24.4 Å². The standard InChI is InChI=1S/C27H31N3O4/c1-27(2,3)33-26(32)30(17-21-11-7-13-23-22(21)12-8-14-24(23)31)34-25(18-29-16-15-28-19-29)20-9-5-4-6-10-20/h4-7,9-11,13,15-16,19,25H,8,12,14,17-18H2,1-3H3/t25-/m1/s1. The number of hydrogen-bond donors (Lipinski definition) is 0. The van der Waals surface area contributed by atoms with E-state index in [1.807, 2.05) is 80.1 Å². The van der Waals surface area contributed by atoms with E-state index in [9.17, 15) is 9.59 Å². The summed E-state index contributed by atoms with van der Waals surface area (Å²) in [4.78, 5) is 36.2. The molecule has 1 aliphatic rings. The minimum atomic E-state index is -0.683. The lowest BCUT2D eigenvalue weighted by Crippen LogP contribution is -2.38. The molecule has 178 valence electrons. The zero-order valence-corrected chi connectivity index (χ0v) is 19.9. The maximum atomic E-state index is 13.3. The minimum absolute atomic E-state index is 0.148. The number of aromatic nitrogens is 2. The third-order valence-electron chi connectivity index (χ3n) is 5.68. The third kappa shape index (κ3) is 5.91. The molecule has 34 heavy (non-hydrogen) atoms. The lowest BCUT2D eigenvalue weighted by atomic mass is 9.87. The molecule has 0 saturated heterocycles. The van der Waals surface area contributed by atoms with Gasteiger partial charge < -0.3 is 9.30 Å². The highest BCUT2D eigenvalue weighted by molar-refractivity contribution is 5.98. The van der Waals surface area contributed by atoms with E-state index in [2.05, 4.69) is 4.98 Å². The van der Waals surface area contributed by atoms with Crippen molar-refractivity contribution in [3.05, 3.63) is 89.5 Å². The molecule has 0 radical (unpaired) electrons. The predicted molar refractivity (Wildman–Crippen MR) is 128 cm³/mol. The summed E-state index contributed by atoms with van der Waals surface area (Å²) in [6.45, 7) is 6.12. The monoisotopic (exact) mass is 461 g/mol. The van der Waals surface area contributed by atoms with Crippen LogP contribution in [0.3, 0.4) is 0 Å². The fourth-order valence-electron chi connectivity index (χ4n) is 4.12. The highest BCUT2D eigenvalue weighted by Crippen LogP contribution is 2.28. The van der Waals surface area contributed by atoms with Crippen LogP contribution in [0.25, 0.3) is 0 Å². The van der Waals surface area contributed by atoms with Gasteiger partial charge in [-0.3, -0.25) is 9.63 Å². The molecule has 1 aromatic heterocycles. The number of carbonyl (C=O) groups excluding carboxylic acids is 2. The second-order valence-electron chi connectivity index (χ2n) is 9.50. The fourth-order valence-corrected chi connectivity index (χ4v) is 4.12. The molecule has 7 heteroatoms. The number of amides is 1. The van der Waals surface area contributed by atoms with E-state index < -0.39 is 17.8 Å². The molecule has 2 aromatic carbocycles.